The molecule has 1 saturated heterocycles. The Bertz CT molecular complexity index is 533. The maximum absolute atomic E-state index is 11.6. The number of rotatable bonds is 6. The maximum Gasteiger partial charge on any atom is 0.309 e. The highest BCUT2D eigenvalue weighted by Gasteiger charge is 2.19. The minimum Gasteiger partial charge on any atom is -0.348 e. The lowest BCUT2D eigenvalue weighted by molar-refractivity contribution is -0.139. The summed E-state index contributed by atoms with van der Waals surface area (Å²) < 4.78 is 0. The van der Waals surface area contributed by atoms with E-state index in [-0.39, 0.29) is 12.5 Å². The summed E-state index contributed by atoms with van der Waals surface area (Å²) in [5, 5.41) is 5.10. The summed E-state index contributed by atoms with van der Waals surface area (Å²) in [7, 11) is 0. The molecule has 2 N–H and O–H groups in total. The van der Waals surface area contributed by atoms with E-state index in [9.17, 15) is 14.4 Å². The molecule has 1 fully saturated rings. The normalized spacial score (nSPS) is 14.0. The van der Waals surface area contributed by atoms with Gasteiger partial charge in [-0.15, -0.1) is 0 Å². The Labute approximate surface area is 129 Å². The monoisotopic (exact) mass is 304 g/mol. The fourth-order valence-electron chi connectivity index (χ4n) is 2.26. The van der Waals surface area contributed by atoms with Crippen molar-refractivity contribution in [3.8, 4) is 0 Å². The van der Waals surface area contributed by atoms with Gasteiger partial charge in [0, 0.05) is 45.0 Å². The van der Waals surface area contributed by atoms with Crippen LogP contribution < -0.4 is 10.6 Å². The van der Waals surface area contributed by atoms with Crippen LogP contribution >= 0.6 is 0 Å². The van der Waals surface area contributed by atoms with E-state index in [2.05, 4.69) is 15.6 Å². The van der Waals surface area contributed by atoms with Crippen LogP contribution in [0.2, 0.25) is 0 Å². The highest BCUT2D eigenvalue weighted by molar-refractivity contribution is 6.35. The van der Waals surface area contributed by atoms with Gasteiger partial charge in [0.15, 0.2) is 0 Å². The lowest BCUT2D eigenvalue weighted by Gasteiger charge is -2.15. The third-order valence-electron chi connectivity index (χ3n) is 3.47. The molecule has 1 aromatic heterocycles. The summed E-state index contributed by atoms with van der Waals surface area (Å²) in [4.78, 5) is 40.3. The average molecular weight is 304 g/mol. The van der Waals surface area contributed by atoms with E-state index < -0.39 is 11.8 Å². The van der Waals surface area contributed by atoms with Crippen LogP contribution in [-0.2, 0) is 20.9 Å². The molecule has 1 aliphatic rings. The number of carbonyl (C=O) groups is 3. The number of nitrogens with one attached hydrogen (secondary N) is 2. The first kappa shape index (κ1) is 15.9. The number of likely N-dealkylation sites (tertiary alicyclic amines) is 1. The molecule has 1 aliphatic heterocycles. The van der Waals surface area contributed by atoms with E-state index >= 15 is 0 Å². The third-order valence-corrected chi connectivity index (χ3v) is 3.47. The van der Waals surface area contributed by atoms with Crippen molar-refractivity contribution >= 4 is 17.7 Å². The van der Waals surface area contributed by atoms with Crippen molar-refractivity contribution in [1.82, 2.24) is 20.5 Å². The van der Waals surface area contributed by atoms with Crippen molar-refractivity contribution in [3.63, 3.8) is 0 Å². The molecule has 2 rings (SSSR count). The number of nitrogens with zero attached hydrogens (tertiary/aromatic N) is 2. The van der Waals surface area contributed by atoms with Crippen molar-refractivity contribution in [2.75, 3.05) is 19.6 Å². The van der Waals surface area contributed by atoms with Crippen LogP contribution in [0, 0.1) is 0 Å². The number of aromatic nitrogens is 1. The first-order valence-corrected chi connectivity index (χ1v) is 7.39. The second-order valence-corrected chi connectivity index (χ2v) is 5.13. The minimum absolute atomic E-state index is 0.168. The molecule has 0 radical (unpaired) electrons. The van der Waals surface area contributed by atoms with Gasteiger partial charge < -0.3 is 15.5 Å². The number of carbonyl (C=O) groups excluding carboxylic acids is 3. The van der Waals surface area contributed by atoms with Crippen molar-refractivity contribution in [2.45, 2.75) is 25.8 Å². The highest BCUT2D eigenvalue weighted by atomic mass is 16.2. The zero-order valence-electron chi connectivity index (χ0n) is 12.4. The molecule has 0 aromatic carbocycles. The molecule has 7 nitrogen and oxygen atoms in total. The van der Waals surface area contributed by atoms with E-state index in [0.717, 1.165) is 18.5 Å². The van der Waals surface area contributed by atoms with Crippen LogP contribution in [-0.4, -0.2) is 47.2 Å². The fraction of sp³-hybridized carbons (Fsp3) is 0.467. The van der Waals surface area contributed by atoms with Crippen LogP contribution in [0.5, 0.6) is 0 Å². The molecule has 0 spiro atoms. The van der Waals surface area contributed by atoms with Crippen LogP contribution in [0.4, 0.5) is 0 Å². The summed E-state index contributed by atoms with van der Waals surface area (Å²) in [6, 6.07) is 3.54. The second-order valence-electron chi connectivity index (χ2n) is 5.13. The Morgan fingerprint density at radius 3 is 2.59 bits per heavy atom. The van der Waals surface area contributed by atoms with Gasteiger partial charge in [0.05, 0.1) is 0 Å². The quantitative estimate of drug-likeness (QED) is 0.564. The lowest BCUT2D eigenvalue weighted by atomic mass is 10.3. The molecular formula is C15H20N4O3. The van der Waals surface area contributed by atoms with Gasteiger partial charge in [-0.2, -0.15) is 0 Å². The zero-order chi connectivity index (χ0) is 15.8. The van der Waals surface area contributed by atoms with Crippen molar-refractivity contribution in [1.29, 1.82) is 0 Å². The predicted octanol–water partition coefficient (Wildman–Crippen LogP) is -0.173. The fourth-order valence-corrected chi connectivity index (χ4v) is 2.26. The van der Waals surface area contributed by atoms with Crippen LogP contribution in [0.1, 0.15) is 24.8 Å². The second kappa shape index (κ2) is 8.11. The first-order valence-electron chi connectivity index (χ1n) is 7.39. The Kier molecular flexibility index (Phi) is 5.88. The molecule has 7 heteroatoms. The van der Waals surface area contributed by atoms with Crippen LogP contribution in [0.15, 0.2) is 24.5 Å². The van der Waals surface area contributed by atoms with Gasteiger partial charge in [-0.25, -0.2) is 0 Å². The lowest BCUT2D eigenvalue weighted by Crippen LogP contribution is -2.40. The Morgan fingerprint density at radius 2 is 1.91 bits per heavy atom. The van der Waals surface area contributed by atoms with Gasteiger partial charge in [-0.3, -0.25) is 19.4 Å². The van der Waals surface area contributed by atoms with Crippen molar-refractivity contribution in [3.05, 3.63) is 30.1 Å². The number of amides is 3. The summed E-state index contributed by atoms with van der Waals surface area (Å²) in [5.41, 5.74) is 0.878. The molecule has 3 amide bonds. The Hall–Kier alpha value is -2.44. The molecule has 0 aliphatic carbocycles. The van der Waals surface area contributed by atoms with Gasteiger partial charge in [0.25, 0.3) is 0 Å². The molecule has 118 valence electrons. The third kappa shape index (κ3) is 4.83. The van der Waals surface area contributed by atoms with E-state index in [1.165, 1.54) is 0 Å². The minimum atomic E-state index is -0.658. The number of hydrogen-bond donors (Lipinski definition) is 2. The maximum atomic E-state index is 11.6. The number of pyridine rings is 1. The van der Waals surface area contributed by atoms with E-state index in [1.54, 1.807) is 29.4 Å². The SMILES string of the molecule is O=C(NCCCN1CCCC1=O)C(=O)NCc1ccncc1. The molecule has 0 bridgehead atoms. The molecule has 0 saturated carbocycles. The predicted molar refractivity (Wildman–Crippen MR) is 79.5 cm³/mol. The average Bonchev–Trinajstić information content (AvgIpc) is 2.95. The Balaban J connectivity index is 1.60. The summed E-state index contributed by atoms with van der Waals surface area (Å²) in [6.07, 6.45) is 5.42. The van der Waals surface area contributed by atoms with E-state index in [1.807, 2.05) is 0 Å². The largest absolute Gasteiger partial charge is 0.348 e. The molecule has 22 heavy (non-hydrogen) atoms. The van der Waals surface area contributed by atoms with Crippen molar-refractivity contribution < 1.29 is 14.4 Å². The van der Waals surface area contributed by atoms with Gasteiger partial charge in [0.1, 0.15) is 0 Å². The van der Waals surface area contributed by atoms with Crippen molar-refractivity contribution in [2.24, 2.45) is 0 Å². The van der Waals surface area contributed by atoms with Gasteiger partial charge >= 0.3 is 11.8 Å². The topological polar surface area (TPSA) is 91.4 Å². The van der Waals surface area contributed by atoms with Crippen LogP contribution in [0.3, 0.4) is 0 Å². The molecular weight excluding hydrogens is 284 g/mol. The van der Waals surface area contributed by atoms with Gasteiger partial charge in [0.2, 0.25) is 5.91 Å². The molecule has 0 atom stereocenters. The summed E-state index contributed by atoms with van der Waals surface area (Å²) >= 11 is 0. The van der Waals surface area contributed by atoms with E-state index in [4.69, 9.17) is 0 Å². The van der Waals surface area contributed by atoms with Gasteiger partial charge in [-0.1, -0.05) is 0 Å². The summed E-state index contributed by atoms with van der Waals surface area (Å²) in [6.45, 7) is 2.08. The number of hydrogen-bond acceptors (Lipinski definition) is 4. The zero-order valence-corrected chi connectivity index (χ0v) is 12.4. The molecule has 1 aromatic rings. The summed E-state index contributed by atoms with van der Waals surface area (Å²) in [5.74, 6) is -1.14. The molecule has 0 unspecified atom stereocenters. The van der Waals surface area contributed by atoms with Crippen LogP contribution in [0.25, 0.3) is 0 Å². The van der Waals surface area contributed by atoms with Gasteiger partial charge in [-0.05, 0) is 30.5 Å². The first-order chi connectivity index (χ1) is 10.7. The Morgan fingerprint density at radius 1 is 1.18 bits per heavy atom. The standard InChI is InChI=1S/C15H20N4O3/c20-13-3-1-9-19(13)10-2-6-17-14(21)15(22)18-11-12-4-7-16-8-5-12/h4-5,7-8H,1-3,6,9-11H2,(H,17,21)(H,18,22). The highest BCUT2D eigenvalue weighted by Crippen LogP contribution is 2.09. The molecule has 2 heterocycles. The smallest absolute Gasteiger partial charge is 0.309 e. The van der Waals surface area contributed by atoms with E-state index in [0.29, 0.717) is 25.9 Å².